The molecule has 0 saturated heterocycles. The predicted octanol–water partition coefficient (Wildman–Crippen LogP) is 15.3. The van der Waals surface area contributed by atoms with Gasteiger partial charge in [0.05, 0.1) is 22.6 Å². The Hall–Kier alpha value is -7.99. The molecule has 62 heavy (non-hydrogen) atoms. The Balaban J connectivity index is 1.000. The van der Waals surface area contributed by atoms with Gasteiger partial charge in [-0.3, -0.25) is 0 Å². The molecule has 0 atom stereocenters. The first-order chi connectivity index (χ1) is 30.7. The maximum Gasteiger partial charge on any atom is 0.160 e. The molecule has 0 unspecified atom stereocenters. The van der Waals surface area contributed by atoms with Crippen LogP contribution in [0.3, 0.4) is 0 Å². The maximum absolute atomic E-state index is 5.45. The van der Waals surface area contributed by atoms with Crippen LogP contribution in [-0.4, -0.2) is 19.6 Å². The molecule has 0 saturated carbocycles. The number of aromatic nitrogens is 4. The standard InChI is InChI=1S/C57H36N4S/c1-4-16-38(17-5-1)51-35-43-22-10-11-25-45(43)55-53(39-18-6-2-7-19-39)54(60-61(51)55)40-32-30-37(31-33-40)49-36-50(59-57(58-49)41-20-8-3-9-21-41)44-24-14-23-42(34-44)46-27-15-28-48-47-26-12-13-29-52(47)62-56(46)48/h1-36H. The summed E-state index contributed by atoms with van der Waals surface area (Å²) in [4.78, 5) is 10.4. The van der Waals surface area contributed by atoms with E-state index >= 15 is 0 Å². The minimum Gasteiger partial charge on any atom is -0.231 e. The van der Waals surface area contributed by atoms with Crippen molar-refractivity contribution < 1.29 is 0 Å². The van der Waals surface area contributed by atoms with Gasteiger partial charge in [-0.25, -0.2) is 14.5 Å². The van der Waals surface area contributed by atoms with E-state index in [9.17, 15) is 0 Å². The van der Waals surface area contributed by atoms with Gasteiger partial charge in [0.25, 0.3) is 0 Å². The van der Waals surface area contributed by atoms with Crippen molar-refractivity contribution in [1.82, 2.24) is 19.6 Å². The van der Waals surface area contributed by atoms with Crippen molar-refractivity contribution in [2.45, 2.75) is 0 Å². The number of rotatable bonds is 7. The molecule has 0 radical (unpaired) electrons. The number of hydrogen-bond acceptors (Lipinski definition) is 4. The Morgan fingerprint density at radius 1 is 0.387 bits per heavy atom. The molecule has 12 aromatic rings. The third kappa shape index (κ3) is 6.18. The van der Waals surface area contributed by atoms with Gasteiger partial charge in [0, 0.05) is 58.9 Å². The average molecular weight is 809 g/mol. The fourth-order valence-corrected chi connectivity index (χ4v) is 10.1. The van der Waals surface area contributed by atoms with E-state index in [0.717, 1.165) is 78.2 Å². The monoisotopic (exact) mass is 808 g/mol. The van der Waals surface area contributed by atoms with Crippen LogP contribution in [0.1, 0.15) is 0 Å². The van der Waals surface area contributed by atoms with Crippen LogP contribution >= 0.6 is 11.3 Å². The molecule has 8 aromatic carbocycles. The molecule has 4 aromatic heterocycles. The highest BCUT2D eigenvalue weighted by atomic mass is 32.1. The molecule has 4 heterocycles. The molecule has 0 amide bonds. The molecule has 0 spiro atoms. The van der Waals surface area contributed by atoms with Crippen molar-refractivity contribution in [1.29, 1.82) is 0 Å². The zero-order chi connectivity index (χ0) is 41.0. The lowest BCUT2D eigenvalue weighted by atomic mass is 9.96. The second kappa shape index (κ2) is 14.9. The summed E-state index contributed by atoms with van der Waals surface area (Å²) < 4.78 is 4.74. The summed E-state index contributed by atoms with van der Waals surface area (Å²) in [5.41, 5.74) is 14.6. The highest BCUT2D eigenvalue weighted by Crippen LogP contribution is 2.43. The second-order valence-electron chi connectivity index (χ2n) is 15.6. The van der Waals surface area contributed by atoms with E-state index in [1.165, 1.54) is 31.1 Å². The molecule has 5 heteroatoms. The summed E-state index contributed by atoms with van der Waals surface area (Å²) >= 11 is 1.85. The molecule has 290 valence electrons. The predicted molar refractivity (Wildman–Crippen MR) is 259 cm³/mol. The van der Waals surface area contributed by atoms with E-state index in [1.807, 2.05) is 29.5 Å². The Bertz CT molecular complexity index is 3610. The maximum atomic E-state index is 5.45. The van der Waals surface area contributed by atoms with E-state index in [0.29, 0.717) is 5.82 Å². The topological polar surface area (TPSA) is 43.1 Å². The van der Waals surface area contributed by atoms with Crippen LogP contribution in [0.2, 0.25) is 0 Å². The lowest BCUT2D eigenvalue weighted by Gasteiger charge is -2.11. The molecule has 0 fully saturated rings. The molecular formula is C57H36N4S. The van der Waals surface area contributed by atoms with Gasteiger partial charge < -0.3 is 0 Å². The largest absolute Gasteiger partial charge is 0.231 e. The lowest BCUT2D eigenvalue weighted by Crippen LogP contribution is -1.96. The molecule has 0 aliphatic rings. The van der Waals surface area contributed by atoms with Crippen LogP contribution in [0.15, 0.2) is 218 Å². The Kier molecular flexibility index (Phi) is 8.65. The highest BCUT2D eigenvalue weighted by molar-refractivity contribution is 7.26. The fourth-order valence-electron chi connectivity index (χ4n) is 8.86. The summed E-state index contributed by atoms with van der Waals surface area (Å²) in [5, 5.41) is 10.4. The normalized spacial score (nSPS) is 11.5. The van der Waals surface area contributed by atoms with Gasteiger partial charge >= 0.3 is 0 Å². The van der Waals surface area contributed by atoms with Gasteiger partial charge in [-0.05, 0) is 46.3 Å². The second-order valence-corrected chi connectivity index (χ2v) is 16.7. The van der Waals surface area contributed by atoms with Crippen molar-refractivity contribution in [2.75, 3.05) is 0 Å². The SMILES string of the molecule is c1ccc(-c2nc(-c3ccc(-c4nn5c(-c6ccccc6)cc6ccccc6c5c4-c4ccccc4)cc3)cc(-c3cccc(-c4cccc5c4sc4ccccc45)c3)n2)cc1. The van der Waals surface area contributed by atoms with E-state index in [-0.39, 0.29) is 0 Å². The summed E-state index contributed by atoms with van der Waals surface area (Å²) in [6.45, 7) is 0. The quantitative estimate of drug-likeness (QED) is 0.161. The average Bonchev–Trinajstić information content (AvgIpc) is 3.95. The van der Waals surface area contributed by atoms with E-state index in [4.69, 9.17) is 15.1 Å². The van der Waals surface area contributed by atoms with Crippen LogP contribution in [0.4, 0.5) is 0 Å². The number of fused-ring (bicyclic) bond motifs is 6. The molecule has 0 aliphatic heterocycles. The van der Waals surface area contributed by atoms with Gasteiger partial charge in [0.2, 0.25) is 0 Å². The van der Waals surface area contributed by atoms with Crippen molar-refractivity contribution >= 4 is 47.8 Å². The fraction of sp³-hybridized carbons (Fsp3) is 0. The zero-order valence-corrected chi connectivity index (χ0v) is 34.3. The van der Waals surface area contributed by atoms with Gasteiger partial charge in [0.15, 0.2) is 5.82 Å². The summed E-state index contributed by atoms with van der Waals surface area (Å²) in [6.07, 6.45) is 0. The summed E-state index contributed by atoms with van der Waals surface area (Å²) in [6, 6.07) is 77.2. The molecule has 0 bridgehead atoms. The van der Waals surface area contributed by atoms with Gasteiger partial charge in [-0.2, -0.15) is 5.10 Å². The molecule has 12 rings (SSSR count). The first-order valence-electron chi connectivity index (χ1n) is 20.9. The lowest BCUT2D eigenvalue weighted by molar-refractivity contribution is 0.979. The third-order valence-electron chi connectivity index (χ3n) is 11.8. The molecule has 4 nitrogen and oxygen atoms in total. The van der Waals surface area contributed by atoms with E-state index in [2.05, 4.69) is 205 Å². The zero-order valence-electron chi connectivity index (χ0n) is 33.5. The van der Waals surface area contributed by atoms with Gasteiger partial charge in [-0.1, -0.05) is 194 Å². The van der Waals surface area contributed by atoms with Crippen LogP contribution in [0.25, 0.3) is 115 Å². The number of nitrogens with zero attached hydrogens (tertiary/aromatic N) is 4. The third-order valence-corrected chi connectivity index (χ3v) is 13.1. The van der Waals surface area contributed by atoms with Gasteiger partial charge in [0.1, 0.15) is 5.69 Å². The Morgan fingerprint density at radius 2 is 0.968 bits per heavy atom. The van der Waals surface area contributed by atoms with Crippen molar-refractivity contribution in [3.05, 3.63) is 218 Å². The number of hydrogen-bond donors (Lipinski definition) is 0. The van der Waals surface area contributed by atoms with Crippen LogP contribution < -0.4 is 0 Å². The van der Waals surface area contributed by atoms with Gasteiger partial charge in [-0.15, -0.1) is 11.3 Å². The minimum atomic E-state index is 0.686. The Morgan fingerprint density at radius 3 is 1.74 bits per heavy atom. The number of pyridine rings is 1. The first kappa shape index (κ1) is 35.9. The minimum absolute atomic E-state index is 0.686. The molecular weight excluding hydrogens is 773 g/mol. The summed E-state index contributed by atoms with van der Waals surface area (Å²) in [5.74, 6) is 0.686. The van der Waals surface area contributed by atoms with Crippen molar-refractivity contribution in [2.24, 2.45) is 0 Å². The van der Waals surface area contributed by atoms with Crippen molar-refractivity contribution in [3.8, 4) is 78.7 Å². The summed E-state index contributed by atoms with van der Waals surface area (Å²) in [7, 11) is 0. The molecule has 0 aliphatic carbocycles. The number of thiophene rings is 1. The highest BCUT2D eigenvalue weighted by Gasteiger charge is 2.22. The van der Waals surface area contributed by atoms with Crippen molar-refractivity contribution in [3.63, 3.8) is 0 Å². The van der Waals surface area contributed by atoms with E-state index in [1.54, 1.807) is 0 Å². The first-order valence-corrected chi connectivity index (χ1v) is 21.7. The Labute approximate surface area is 362 Å². The van der Waals surface area contributed by atoms with Crippen LogP contribution in [0.5, 0.6) is 0 Å². The smallest absolute Gasteiger partial charge is 0.160 e. The molecule has 0 N–H and O–H groups in total. The van der Waals surface area contributed by atoms with E-state index < -0.39 is 0 Å². The van der Waals surface area contributed by atoms with Crippen LogP contribution in [-0.2, 0) is 0 Å². The number of benzene rings is 8. The van der Waals surface area contributed by atoms with Crippen LogP contribution in [0, 0.1) is 0 Å².